The summed E-state index contributed by atoms with van der Waals surface area (Å²) in [7, 11) is 1.61. The number of aromatic carboxylic acids is 1. The number of carboxylic acid groups (broad SMARTS) is 1. The highest BCUT2D eigenvalue weighted by Crippen LogP contribution is 2.46. The quantitative estimate of drug-likeness (QED) is 0.590. The minimum absolute atomic E-state index is 0.0228. The molecular weight excluding hydrogens is 428 g/mol. The van der Waals surface area contributed by atoms with Crippen molar-refractivity contribution < 1.29 is 19.4 Å². The van der Waals surface area contributed by atoms with E-state index in [0.29, 0.717) is 29.7 Å². The van der Waals surface area contributed by atoms with Crippen molar-refractivity contribution in [3.05, 3.63) is 51.9 Å². The summed E-state index contributed by atoms with van der Waals surface area (Å²) in [4.78, 5) is 29.4. The maximum Gasteiger partial charge on any atom is 0.341 e. The first-order valence-electron chi connectivity index (χ1n) is 10.4. The van der Waals surface area contributed by atoms with Gasteiger partial charge in [-0.25, -0.2) is 9.78 Å². The van der Waals surface area contributed by atoms with Gasteiger partial charge in [-0.3, -0.25) is 4.79 Å². The lowest BCUT2D eigenvalue weighted by molar-refractivity contribution is 0.0693. The zero-order chi connectivity index (χ0) is 23.2. The molecule has 1 aromatic carbocycles. The number of aromatic nitrogens is 2. The average molecular weight is 455 g/mol. The molecule has 1 aliphatic heterocycles. The smallest absolute Gasteiger partial charge is 0.341 e. The van der Waals surface area contributed by atoms with E-state index in [-0.39, 0.29) is 17.0 Å². The first kappa shape index (κ1) is 22.1. The van der Waals surface area contributed by atoms with E-state index in [0.717, 1.165) is 21.6 Å². The third-order valence-corrected chi connectivity index (χ3v) is 6.72. The number of hydrogen-bond donors (Lipinski definition) is 1. The van der Waals surface area contributed by atoms with Gasteiger partial charge in [0.15, 0.2) is 5.43 Å². The van der Waals surface area contributed by atoms with Gasteiger partial charge in [0.1, 0.15) is 11.3 Å². The number of rotatable bonds is 5. The van der Waals surface area contributed by atoms with Gasteiger partial charge in [0.25, 0.3) is 5.19 Å². The molecule has 0 saturated heterocycles. The van der Waals surface area contributed by atoms with E-state index in [2.05, 4.69) is 31.8 Å². The number of hydrogen-bond acceptors (Lipinski definition) is 6. The number of thiazole rings is 1. The van der Waals surface area contributed by atoms with Crippen molar-refractivity contribution in [1.29, 1.82) is 0 Å². The third kappa shape index (κ3) is 3.79. The summed E-state index contributed by atoms with van der Waals surface area (Å²) < 4.78 is 13.2. The maximum absolute atomic E-state index is 12.6. The minimum atomic E-state index is -1.22. The summed E-state index contributed by atoms with van der Waals surface area (Å²) in [5.74, 6) is -0.557. The number of carbonyl (C=O) groups is 1. The van der Waals surface area contributed by atoms with Crippen molar-refractivity contribution in [2.75, 3.05) is 13.7 Å². The van der Waals surface area contributed by atoms with E-state index in [1.807, 2.05) is 17.6 Å². The topological polar surface area (TPSA) is 90.7 Å². The van der Waals surface area contributed by atoms with Crippen LogP contribution in [0.1, 0.15) is 49.7 Å². The molecule has 0 amide bonds. The lowest BCUT2D eigenvalue weighted by atomic mass is 9.78. The van der Waals surface area contributed by atoms with Gasteiger partial charge < -0.3 is 19.1 Å². The second-order valence-corrected chi connectivity index (χ2v) is 9.86. The summed E-state index contributed by atoms with van der Waals surface area (Å²) in [6, 6.07) is 5.43. The van der Waals surface area contributed by atoms with Crippen molar-refractivity contribution in [3.63, 3.8) is 0 Å². The van der Waals surface area contributed by atoms with Gasteiger partial charge in [-0.1, -0.05) is 32.1 Å². The minimum Gasteiger partial charge on any atom is -0.496 e. The SMILES string of the molecule is CCOc1ncc(-c2cc3c(cc2OC)-c2cc(=O)c(C(=O)O)cn2C(C(C)(C)C)C3)s1. The van der Waals surface area contributed by atoms with Crippen molar-refractivity contribution in [2.45, 2.75) is 40.2 Å². The predicted octanol–water partition coefficient (Wildman–Crippen LogP) is 4.89. The Labute approximate surface area is 190 Å². The normalized spacial score (nSPS) is 15.1. The van der Waals surface area contributed by atoms with E-state index in [1.54, 1.807) is 13.3 Å². The number of pyridine rings is 1. The van der Waals surface area contributed by atoms with Crippen LogP contribution in [0.25, 0.3) is 21.7 Å². The van der Waals surface area contributed by atoms with E-state index < -0.39 is 11.4 Å². The number of carboxylic acids is 1. The van der Waals surface area contributed by atoms with Gasteiger partial charge in [-0.2, -0.15) is 0 Å². The van der Waals surface area contributed by atoms with Crippen LogP contribution in [-0.2, 0) is 6.42 Å². The number of ether oxygens (including phenoxy) is 2. The predicted molar refractivity (Wildman–Crippen MR) is 124 cm³/mol. The number of nitrogens with zero attached hydrogens (tertiary/aromatic N) is 2. The molecule has 1 unspecified atom stereocenters. The molecule has 8 heteroatoms. The maximum atomic E-state index is 12.6. The Morgan fingerprint density at radius 3 is 2.66 bits per heavy atom. The molecular formula is C24H26N2O5S. The number of benzene rings is 1. The fourth-order valence-electron chi connectivity index (χ4n) is 4.18. The molecule has 168 valence electrons. The van der Waals surface area contributed by atoms with Gasteiger partial charge in [-0.05, 0) is 36.5 Å². The lowest BCUT2D eigenvalue weighted by Gasteiger charge is -2.39. The van der Waals surface area contributed by atoms with Crippen LogP contribution < -0.4 is 14.9 Å². The number of methoxy groups -OCH3 is 1. The Kier molecular flexibility index (Phi) is 5.58. The molecule has 0 fully saturated rings. The number of fused-ring (bicyclic) bond motifs is 3. The van der Waals surface area contributed by atoms with Crippen LogP contribution in [0.5, 0.6) is 10.9 Å². The Bertz CT molecular complexity index is 1250. The van der Waals surface area contributed by atoms with Crippen LogP contribution in [0.2, 0.25) is 0 Å². The standard InChI is InChI=1S/C24H26N2O5S/c1-6-31-23-25-11-20(32-23)15-7-13-8-21(24(2,3)4)26-12-16(22(28)29)18(27)10-17(26)14(13)9-19(15)30-5/h7,9-12,21H,6,8H2,1-5H3,(H,28,29). The van der Waals surface area contributed by atoms with E-state index in [9.17, 15) is 14.7 Å². The molecule has 2 aromatic heterocycles. The van der Waals surface area contributed by atoms with Gasteiger partial charge in [0, 0.05) is 35.6 Å². The molecule has 32 heavy (non-hydrogen) atoms. The summed E-state index contributed by atoms with van der Waals surface area (Å²) in [5.41, 5.74) is 2.68. The molecule has 0 saturated carbocycles. The van der Waals surface area contributed by atoms with Crippen LogP contribution in [0.3, 0.4) is 0 Å². The molecule has 0 spiro atoms. The van der Waals surface area contributed by atoms with Crippen molar-refractivity contribution >= 4 is 17.3 Å². The van der Waals surface area contributed by atoms with Gasteiger partial charge >= 0.3 is 5.97 Å². The molecule has 3 heterocycles. The molecule has 3 aromatic rings. The van der Waals surface area contributed by atoms with Gasteiger partial charge in [0.2, 0.25) is 0 Å². The summed E-state index contributed by atoms with van der Waals surface area (Å²) >= 11 is 1.46. The Hall–Kier alpha value is -3.13. The first-order valence-corrected chi connectivity index (χ1v) is 11.3. The molecule has 1 N–H and O–H groups in total. The molecule has 1 aliphatic rings. The Morgan fingerprint density at radius 2 is 2.03 bits per heavy atom. The van der Waals surface area contributed by atoms with E-state index in [1.165, 1.54) is 23.6 Å². The molecule has 0 bridgehead atoms. The Balaban J connectivity index is 1.94. The monoisotopic (exact) mass is 454 g/mol. The molecule has 1 atom stereocenters. The third-order valence-electron chi connectivity index (χ3n) is 5.78. The molecule has 4 rings (SSSR count). The van der Waals surface area contributed by atoms with Crippen LogP contribution in [-0.4, -0.2) is 34.3 Å². The second kappa shape index (κ2) is 8.09. The fourth-order valence-corrected chi connectivity index (χ4v) is 5.03. The van der Waals surface area contributed by atoms with Gasteiger partial charge in [-0.15, -0.1) is 0 Å². The van der Waals surface area contributed by atoms with Crippen LogP contribution >= 0.6 is 11.3 Å². The van der Waals surface area contributed by atoms with Crippen molar-refractivity contribution in [1.82, 2.24) is 9.55 Å². The molecule has 7 nitrogen and oxygen atoms in total. The summed E-state index contributed by atoms with van der Waals surface area (Å²) in [6.07, 6.45) is 3.96. The molecule has 0 aliphatic carbocycles. The largest absolute Gasteiger partial charge is 0.496 e. The highest BCUT2D eigenvalue weighted by atomic mass is 32.1. The zero-order valence-corrected chi connectivity index (χ0v) is 19.6. The molecule has 0 radical (unpaired) electrons. The van der Waals surface area contributed by atoms with E-state index in [4.69, 9.17) is 9.47 Å². The fraction of sp³-hybridized carbons (Fsp3) is 0.375. The van der Waals surface area contributed by atoms with Gasteiger partial charge in [0.05, 0.1) is 24.3 Å². The highest BCUT2D eigenvalue weighted by Gasteiger charge is 2.34. The highest BCUT2D eigenvalue weighted by molar-refractivity contribution is 7.16. The lowest BCUT2D eigenvalue weighted by Crippen LogP contribution is -2.32. The average Bonchev–Trinajstić information content (AvgIpc) is 3.19. The second-order valence-electron chi connectivity index (χ2n) is 8.87. The summed E-state index contributed by atoms with van der Waals surface area (Å²) in [6.45, 7) is 8.82. The zero-order valence-electron chi connectivity index (χ0n) is 18.8. The van der Waals surface area contributed by atoms with Crippen molar-refractivity contribution in [3.8, 4) is 32.6 Å². The van der Waals surface area contributed by atoms with Crippen LogP contribution in [0, 0.1) is 5.41 Å². The van der Waals surface area contributed by atoms with E-state index >= 15 is 0 Å². The van der Waals surface area contributed by atoms with Crippen LogP contribution in [0.4, 0.5) is 0 Å². The Morgan fingerprint density at radius 1 is 1.28 bits per heavy atom. The van der Waals surface area contributed by atoms with Crippen LogP contribution in [0.15, 0.2) is 35.4 Å². The first-order chi connectivity index (χ1) is 15.1. The van der Waals surface area contributed by atoms with Crippen molar-refractivity contribution in [2.24, 2.45) is 5.41 Å². The summed E-state index contributed by atoms with van der Waals surface area (Å²) in [5, 5.41) is 10.1.